The van der Waals surface area contributed by atoms with Crippen LogP contribution < -0.4 is 19.5 Å². The van der Waals surface area contributed by atoms with Gasteiger partial charge >= 0.3 is 0 Å². The van der Waals surface area contributed by atoms with Gasteiger partial charge in [-0.15, -0.1) is 0 Å². The van der Waals surface area contributed by atoms with Crippen LogP contribution in [0, 0.1) is 0 Å². The minimum Gasteiger partial charge on any atom is -0.484 e. The summed E-state index contributed by atoms with van der Waals surface area (Å²) in [6, 6.07) is 15.8. The molecule has 0 unspecified atom stereocenters. The lowest BCUT2D eigenvalue weighted by Gasteiger charge is -2.30. The third kappa shape index (κ3) is 3.47. The van der Waals surface area contributed by atoms with Gasteiger partial charge in [-0.1, -0.05) is 43.2 Å². The maximum atomic E-state index is 12.3. The summed E-state index contributed by atoms with van der Waals surface area (Å²) in [5, 5.41) is 3.07. The largest absolute Gasteiger partial charge is 0.484 e. The average Bonchev–Trinajstić information content (AvgIpc) is 3.35. The topological polar surface area (TPSA) is 56.8 Å². The Bertz CT molecular complexity index is 769. The van der Waals surface area contributed by atoms with Gasteiger partial charge in [0, 0.05) is 18.0 Å². The zero-order valence-corrected chi connectivity index (χ0v) is 14.7. The highest BCUT2D eigenvalue weighted by Crippen LogP contribution is 2.40. The standard InChI is InChI=1S/C21H23NO4/c23-20(13-24-17-8-9-18-19(12-17)26-15-25-18)22-14-21(10-4-5-11-21)16-6-2-1-3-7-16/h1-3,6-9,12H,4-5,10-11,13-15H2,(H,22,23). The van der Waals surface area contributed by atoms with Gasteiger partial charge in [-0.2, -0.15) is 0 Å². The number of carbonyl (C=O) groups excluding carboxylic acids is 1. The number of hydrogen-bond donors (Lipinski definition) is 1. The molecule has 0 saturated heterocycles. The average molecular weight is 353 g/mol. The van der Waals surface area contributed by atoms with E-state index >= 15 is 0 Å². The number of rotatable bonds is 6. The Labute approximate surface area is 153 Å². The Morgan fingerprint density at radius 3 is 2.62 bits per heavy atom. The lowest BCUT2D eigenvalue weighted by atomic mass is 9.79. The minimum atomic E-state index is -0.107. The molecule has 1 fully saturated rings. The molecule has 2 aliphatic rings. The van der Waals surface area contributed by atoms with E-state index in [0.29, 0.717) is 23.8 Å². The predicted molar refractivity (Wildman–Crippen MR) is 97.7 cm³/mol. The first-order chi connectivity index (χ1) is 12.8. The molecule has 1 heterocycles. The van der Waals surface area contributed by atoms with E-state index in [4.69, 9.17) is 14.2 Å². The van der Waals surface area contributed by atoms with Gasteiger partial charge in [-0.3, -0.25) is 4.79 Å². The molecule has 1 aliphatic carbocycles. The molecule has 0 radical (unpaired) electrons. The quantitative estimate of drug-likeness (QED) is 0.864. The summed E-state index contributed by atoms with van der Waals surface area (Å²) >= 11 is 0. The molecule has 1 saturated carbocycles. The molecule has 0 spiro atoms. The van der Waals surface area contributed by atoms with Crippen molar-refractivity contribution in [2.45, 2.75) is 31.1 Å². The number of carbonyl (C=O) groups is 1. The number of nitrogens with one attached hydrogen (secondary N) is 1. The van der Waals surface area contributed by atoms with E-state index in [-0.39, 0.29) is 24.7 Å². The highest BCUT2D eigenvalue weighted by atomic mass is 16.7. The van der Waals surface area contributed by atoms with Gasteiger partial charge in [0.1, 0.15) is 5.75 Å². The van der Waals surface area contributed by atoms with Crippen LogP contribution in [0.25, 0.3) is 0 Å². The SMILES string of the molecule is O=C(COc1ccc2c(c1)OCO2)NCC1(c2ccccc2)CCCC1. The van der Waals surface area contributed by atoms with Crippen molar-refractivity contribution in [1.82, 2.24) is 5.32 Å². The maximum absolute atomic E-state index is 12.3. The summed E-state index contributed by atoms with van der Waals surface area (Å²) in [5.41, 5.74) is 1.37. The van der Waals surface area contributed by atoms with Gasteiger partial charge in [0.2, 0.25) is 6.79 Å². The van der Waals surface area contributed by atoms with Crippen LogP contribution in [-0.4, -0.2) is 25.9 Å². The number of fused-ring (bicyclic) bond motifs is 1. The Kier molecular flexibility index (Phi) is 4.69. The molecule has 0 aromatic heterocycles. The van der Waals surface area contributed by atoms with E-state index in [2.05, 4.69) is 29.6 Å². The highest BCUT2D eigenvalue weighted by molar-refractivity contribution is 5.77. The molecular weight excluding hydrogens is 330 g/mol. The fourth-order valence-corrected chi connectivity index (χ4v) is 3.85. The number of hydrogen-bond acceptors (Lipinski definition) is 4. The van der Waals surface area contributed by atoms with Crippen LogP contribution in [0.15, 0.2) is 48.5 Å². The normalized spacial score (nSPS) is 17.1. The molecule has 2 aromatic carbocycles. The molecule has 1 aliphatic heterocycles. The highest BCUT2D eigenvalue weighted by Gasteiger charge is 2.35. The summed E-state index contributed by atoms with van der Waals surface area (Å²) in [5.74, 6) is 1.85. The lowest BCUT2D eigenvalue weighted by molar-refractivity contribution is -0.123. The van der Waals surface area contributed by atoms with E-state index < -0.39 is 0 Å². The summed E-state index contributed by atoms with van der Waals surface area (Å²) in [6.07, 6.45) is 4.64. The van der Waals surface area contributed by atoms with Crippen molar-refractivity contribution in [1.29, 1.82) is 0 Å². The Morgan fingerprint density at radius 2 is 1.81 bits per heavy atom. The molecule has 1 N–H and O–H groups in total. The molecule has 5 heteroatoms. The van der Waals surface area contributed by atoms with E-state index in [1.54, 1.807) is 18.2 Å². The fraction of sp³-hybridized carbons (Fsp3) is 0.381. The Morgan fingerprint density at radius 1 is 1.04 bits per heavy atom. The number of benzene rings is 2. The summed E-state index contributed by atoms with van der Waals surface area (Å²) in [7, 11) is 0. The van der Waals surface area contributed by atoms with Crippen LogP contribution >= 0.6 is 0 Å². The first kappa shape index (κ1) is 16.8. The van der Waals surface area contributed by atoms with Gasteiger partial charge in [0.05, 0.1) is 0 Å². The van der Waals surface area contributed by atoms with Crippen LogP contribution in [0.3, 0.4) is 0 Å². The second kappa shape index (κ2) is 7.28. The second-order valence-electron chi connectivity index (χ2n) is 6.93. The second-order valence-corrected chi connectivity index (χ2v) is 6.93. The van der Waals surface area contributed by atoms with Crippen LogP contribution in [0.4, 0.5) is 0 Å². The third-order valence-electron chi connectivity index (χ3n) is 5.28. The van der Waals surface area contributed by atoms with Crippen molar-refractivity contribution in [3.8, 4) is 17.2 Å². The van der Waals surface area contributed by atoms with Crippen molar-refractivity contribution in [3.05, 3.63) is 54.1 Å². The molecular formula is C21H23NO4. The summed E-state index contributed by atoms with van der Waals surface area (Å²) < 4.78 is 16.2. The zero-order chi connectivity index (χ0) is 17.8. The van der Waals surface area contributed by atoms with Crippen LogP contribution in [-0.2, 0) is 10.2 Å². The maximum Gasteiger partial charge on any atom is 0.257 e. The Hall–Kier alpha value is -2.69. The molecule has 2 aromatic rings. The lowest BCUT2D eigenvalue weighted by Crippen LogP contribution is -2.40. The molecule has 26 heavy (non-hydrogen) atoms. The minimum absolute atomic E-state index is 0.00941. The first-order valence-electron chi connectivity index (χ1n) is 9.10. The molecule has 0 bridgehead atoms. The van der Waals surface area contributed by atoms with Crippen molar-refractivity contribution in [3.63, 3.8) is 0 Å². The molecule has 0 atom stereocenters. The van der Waals surface area contributed by atoms with Gasteiger partial charge in [-0.25, -0.2) is 0 Å². The van der Waals surface area contributed by atoms with Crippen molar-refractivity contribution in [2.75, 3.05) is 19.9 Å². The summed E-state index contributed by atoms with van der Waals surface area (Å²) in [6.45, 7) is 0.867. The van der Waals surface area contributed by atoms with Crippen LogP contribution in [0.1, 0.15) is 31.2 Å². The van der Waals surface area contributed by atoms with E-state index in [1.807, 2.05) is 6.07 Å². The monoisotopic (exact) mass is 353 g/mol. The van der Waals surface area contributed by atoms with E-state index in [9.17, 15) is 4.79 Å². The first-order valence-corrected chi connectivity index (χ1v) is 9.10. The predicted octanol–water partition coefficient (Wildman–Crippen LogP) is 3.42. The van der Waals surface area contributed by atoms with Crippen LogP contribution in [0.2, 0.25) is 0 Å². The molecule has 5 nitrogen and oxygen atoms in total. The van der Waals surface area contributed by atoms with Crippen molar-refractivity contribution < 1.29 is 19.0 Å². The number of ether oxygens (including phenoxy) is 3. The van der Waals surface area contributed by atoms with E-state index in [1.165, 1.54) is 18.4 Å². The van der Waals surface area contributed by atoms with Gasteiger partial charge in [-0.05, 0) is 30.5 Å². The smallest absolute Gasteiger partial charge is 0.257 e. The third-order valence-corrected chi connectivity index (χ3v) is 5.28. The van der Waals surface area contributed by atoms with Gasteiger partial charge in [0.25, 0.3) is 5.91 Å². The van der Waals surface area contributed by atoms with E-state index in [0.717, 1.165) is 12.8 Å². The molecule has 4 rings (SSSR count). The number of amides is 1. The molecule has 1 amide bonds. The fourth-order valence-electron chi connectivity index (χ4n) is 3.85. The zero-order valence-electron chi connectivity index (χ0n) is 14.7. The van der Waals surface area contributed by atoms with Crippen molar-refractivity contribution in [2.24, 2.45) is 0 Å². The van der Waals surface area contributed by atoms with Gasteiger partial charge in [0.15, 0.2) is 18.1 Å². The summed E-state index contributed by atoms with van der Waals surface area (Å²) in [4.78, 5) is 12.3. The van der Waals surface area contributed by atoms with Crippen molar-refractivity contribution >= 4 is 5.91 Å². The van der Waals surface area contributed by atoms with Gasteiger partial charge < -0.3 is 19.5 Å². The van der Waals surface area contributed by atoms with Crippen LogP contribution in [0.5, 0.6) is 17.2 Å². The molecule has 136 valence electrons. The Balaban J connectivity index is 1.33.